The summed E-state index contributed by atoms with van der Waals surface area (Å²) in [6.07, 6.45) is 2.13. The van der Waals surface area contributed by atoms with Gasteiger partial charge in [0.05, 0.1) is 40.3 Å². The van der Waals surface area contributed by atoms with Crippen LogP contribution in [-0.4, -0.2) is 136 Å². The average Bonchev–Trinajstić information content (AvgIpc) is 3.67. The number of nitrogens with two attached hydrogens (primary N) is 1. The molecule has 0 radical (unpaired) electrons. The number of carbonyl (C=O) groups is 6. The van der Waals surface area contributed by atoms with Crippen molar-refractivity contribution in [2.45, 2.75) is 102 Å². The van der Waals surface area contributed by atoms with Crippen molar-refractivity contribution in [3.8, 4) is 5.69 Å². The number of methoxy groups -OCH3 is 1. The number of Topliss-reactive ketones (excluding diaryl/α,β-unsaturated/α-hetero) is 3. The Morgan fingerprint density at radius 1 is 1.05 bits per heavy atom. The highest BCUT2D eigenvalue weighted by Gasteiger charge is 2.39. The molecule has 4 atom stereocenters. The number of esters is 1. The predicted molar refractivity (Wildman–Crippen MR) is 288 cm³/mol. The number of halogens is 6. The Morgan fingerprint density at radius 3 is 2.14 bits per heavy atom. The number of carboxylic acids is 1. The smallest absolute Gasteiger partial charge is 0.355 e. The molecule has 30 heteroatoms. The van der Waals surface area contributed by atoms with Crippen molar-refractivity contribution in [1.29, 1.82) is 0 Å². The quantitative estimate of drug-likeness (QED) is 0.0150. The van der Waals surface area contributed by atoms with Gasteiger partial charge in [0.25, 0.3) is 5.69 Å². The number of aliphatic carboxylic acids is 1. The summed E-state index contributed by atoms with van der Waals surface area (Å²) in [5, 5.41) is 21.9. The van der Waals surface area contributed by atoms with E-state index in [0.29, 0.717) is 17.7 Å². The molecule has 0 saturated heterocycles. The molecule has 0 aliphatic heterocycles. The molecule has 1 aliphatic carbocycles. The second-order valence-electron chi connectivity index (χ2n) is 17.6. The number of nitro benzene ring substituents is 1. The number of para-hydroxylation sites is 1. The normalized spacial score (nSPS) is 14.4. The summed E-state index contributed by atoms with van der Waals surface area (Å²) in [5.41, 5.74) is 5.77. The van der Waals surface area contributed by atoms with Gasteiger partial charge in [-0.25, -0.2) is 22.2 Å². The van der Waals surface area contributed by atoms with Gasteiger partial charge in [0.15, 0.2) is 40.4 Å². The molecule has 5 rings (SSSR count). The molecule has 1 amide bonds. The zero-order valence-corrected chi connectivity index (χ0v) is 48.1. The van der Waals surface area contributed by atoms with Crippen LogP contribution in [0.1, 0.15) is 85.9 Å². The molecule has 0 bridgehead atoms. The number of nitrogens with zero attached hydrogens (tertiary/aromatic N) is 5. The summed E-state index contributed by atoms with van der Waals surface area (Å²) >= 11 is 17.7. The highest BCUT2D eigenvalue weighted by Crippen LogP contribution is 2.36. The van der Waals surface area contributed by atoms with Gasteiger partial charge in [-0.05, 0) is 87.9 Å². The van der Waals surface area contributed by atoms with E-state index in [1.807, 2.05) is 26.0 Å². The van der Waals surface area contributed by atoms with Gasteiger partial charge in [-0.15, -0.1) is 28.3 Å². The maximum Gasteiger partial charge on any atom is 0.355 e. The first kappa shape index (κ1) is 69.2. The largest absolute Gasteiger partial charge is 0.480 e. The van der Waals surface area contributed by atoms with Crippen LogP contribution in [0.25, 0.3) is 5.69 Å². The fraction of sp³-hybridized carbons (Fsp3) is 0.469. The second-order valence-corrected chi connectivity index (χ2v) is 23.4. The highest BCUT2D eigenvalue weighted by molar-refractivity contribution is 7.90. The van der Waals surface area contributed by atoms with E-state index in [4.69, 9.17) is 60.0 Å². The minimum Gasteiger partial charge on any atom is -0.480 e. The van der Waals surface area contributed by atoms with Crippen molar-refractivity contribution < 1.29 is 79.3 Å². The molecule has 1 saturated carbocycles. The molecule has 1 aromatic heterocycles. The first-order chi connectivity index (χ1) is 36.7. The van der Waals surface area contributed by atoms with Crippen molar-refractivity contribution in [3.63, 3.8) is 0 Å². The van der Waals surface area contributed by atoms with Gasteiger partial charge in [-0.2, -0.15) is 13.5 Å². The molecule has 79 heavy (non-hydrogen) atoms. The monoisotopic (exact) mass is 1210 g/mol. The summed E-state index contributed by atoms with van der Waals surface area (Å²) < 4.78 is 84.3. The zero-order valence-electron chi connectivity index (χ0n) is 44.1. The van der Waals surface area contributed by atoms with Crippen LogP contribution in [-0.2, 0) is 60.7 Å². The number of ether oxygens (including phenoxy) is 2. The molecule has 436 valence electrons. The average molecular weight is 1220 g/mol. The Hall–Kier alpha value is -5.86. The number of ketones is 3. The maximum absolute atomic E-state index is 14.2. The summed E-state index contributed by atoms with van der Waals surface area (Å²) in [5.74, 6) is -6.78. The van der Waals surface area contributed by atoms with E-state index in [1.165, 1.54) is 13.6 Å². The number of carboxylic acid groups (broad SMARTS) is 1. The lowest BCUT2D eigenvalue weighted by atomic mass is 9.81. The number of aryl methyl sites for hydroxylation is 3. The molecule has 1 aliphatic rings. The summed E-state index contributed by atoms with van der Waals surface area (Å²) in [6, 6.07) is 9.83. The van der Waals surface area contributed by atoms with Crippen LogP contribution in [0.3, 0.4) is 0 Å². The van der Waals surface area contributed by atoms with Crippen molar-refractivity contribution in [3.05, 3.63) is 108 Å². The van der Waals surface area contributed by atoms with Crippen LogP contribution >= 0.6 is 42.2 Å². The van der Waals surface area contributed by atoms with Crippen LogP contribution in [0, 0.1) is 35.7 Å². The van der Waals surface area contributed by atoms with E-state index in [9.17, 15) is 69.8 Å². The highest BCUT2D eigenvalue weighted by atomic mass is 35.5. The zero-order chi connectivity index (χ0) is 60.4. The van der Waals surface area contributed by atoms with Crippen LogP contribution in [0.4, 0.5) is 24.5 Å². The van der Waals surface area contributed by atoms with Gasteiger partial charge in [0.2, 0.25) is 5.91 Å². The van der Waals surface area contributed by atoms with Gasteiger partial charge in [0, 0.05) is 56.5 Å². The number of carbonyl (C=O) groups excluding carboxylic acids is 5. The number of anilines is 1. The van der Waals surface area contributed by atoms with E-state index in [1.54, 1.807) is 18.9 Å². The second kappa shape index (κ2) is 31.2. The number of sulfone groups is 1. The van der Waals surface area contributed by atoms with E-state index in [2.05, 4.69) is 18.1 Å². The van der Waals surface area contributed by atoms with Gasteiger partial charge in [-0.1, -0.05) is 36.7 Å². The van der Waals surface area contributed by atoms with Crippen molar-refractivity contribution >= 4 is 98.6 Å². The van der Waals surface area contributed by atoms with E-state index in [-0.39, 0.29) is 87.8 Å². The summed E-state index contributed by atoms with van der Waals surface area (Å²) in [4.78, 5) is 103. The number of benzene rings is 3. The Bertz CT molecular complexity index is 3090. The predicted octanol–water partition coefficient (Wildman–Crippen LogP) is 7.22. The molecule has 4 N–H and O–H groups in total. The lowest BCUT2D eigenvalue weighted by molar-refractivity contribution is -0.385. The number of hydrogen-bond acceptors (Lipinski definition) is 16. The Balaban J connectivity index is 0.000000374. The number of amides is 1. The topological polar surface area (TPSA) is 325 Å². The number of alkyl halides is 4. The van der Waals surface area contributed by atoms with Crippen LogP contribution in [0.15, 0.2) is 58.2 Å². The minimum atomic E-state index is -3.70. The number of rotatable bonds is 20. The van der Waals surface area contributed by atoms with Crippen LogP contribution in [0.5, 0.6) is 0 Å². The van der Waals surface area contributed by atoms with Gasteiger partial charge in [0.1, 0.15) is 34.7 Å². The number of nitro groups is 1. The molecular weight excluding hydrogens is 1150 g/mol. The van der Waals surface area contributed by atoms with Crippen molar-refractivity contribution in [1.82, 2.24) is 14.3 Å². The third-order valence-corrected chi connectivity index (χ3v) is 14.5. The molecular formula is C49H61Cl3F3N6O16PS. The van der Waals surface area contributed by atoms with Gasteiger partial charge in [-0.3, -0.25) is 43.4 Å². The number of hydrogen-bond donors (Lipinski definition) is 3. The molecule has 4 aromatic rings. The van der Waals surface area contributed by atoms with Crippen molar-refractivity contribution in [2.24, 2.45) is 11.7 Å². The lowest BCUT2D eigenvalue weighted by Crippen LogP contribution is -2.43. The van der Waals surface area contributed by atoms with E-state index in [0.717, 1.165) is 59.8 Å². The molecule has 4 unspecified atom stereocenters. The minimum absolute atomic E-state index is 0.0223. The van der Waals surface area contributed by atoms with Gasteiger partial charge >= 0.3 is 24.2 Å². The van der Waals surface area contributed by atoms with E-state index < -0.39 is 98.1 Å². The fourth-order valence-corrected chi connectivity index (χ4v) is 9.53. The lowest BCUT2D eigenvalue weighted by Gasteiger charge is -2.31. The molecule has 1 fully saturated rings. The summed E-state index contributed by atoms with van der Waals surface area (Å²) in [6.45, 7) is 7.55. The van der Waals surface area contributed by atoms with E-state index >= 15 is 0 Å². The third-order valence-electron chi connectivity index (χ3n) is 11.4. The Morgan fingerprint density at radius 2 is 1.66 bits per heavy atom. The Kier molecular flexibility index (Phi) is 27.4. The van der Waals surface area contributed by atoms with Crippen LogP contribution in [0.2, 0.25) is 5.02 Å². The standard InChI is InChI=1S/C15H14Cl2F3N3O3.C15H22ClNO2.C14H13NO7S.C5H12NO4P/c1-3-26-13(24)10(17)4-8-5-12(11(18)6-9(8)16)23-15(25)22(14(19)20)7(2)21-23;1-5-13-8-6-7-11(2)15(13)17(14(18)9-16)12(3)10-19-4;1-23(21,22)8-5-6-9(10(7-8)15(19)20)14(18)13-11(16)3-2-4-12(13)17;1-11(9,10)3-2-4(6)5(7)8/h5-6,10,14H,3-4H2,1-2H3;6-8,12H,5,9-10H2,1-4H3;5-7,13H,2-4H2,1H3;4H,2-3,6H2,1H3,(H,7,8)(H,9,10). The van der Waals surface area contributed by atoms with Crippen LogP contribution < -0.4 is 16.3 Å². The van der Waals surface area contributed by atoms with Crippen molar-refractivity contribution in [2.75, 3.05) is 50.2 Å². The number of aromatic nitrogens is 3. The SMILES string of the molecule is CCOC(=O)C(Cl)Cc1cc(-n2nc(C)n(C(F)F)c2=O)c(F)cc1Cl.CCc1cccc(C)c1N(C(=O)CCl)C(C)COC.CP(=O)(O)CCC(N)C(=O)O.CS(=O)(=O)c1ccc(C(=O)C2C(=O)CCCC2=O)c([N+](=O)[O-])c1. The molecule has 0 spiro atoms. The maximum atomic E-state index is 14.2. The molecule has 22 nitrogen and oxygen atoms in total. The first-order valence-corrected chi connectivity index (χ1v) is 29.3. The first-order valence-electron chi connectivity index (χ1n) is 23.8. The van der Waals surface area contributed by atoms with Gasteiger partial charge < -0.3 is 30.1 Å². The molecule has 3 aromatic carbocycles. The fourth-order valence-electron chi connectivity index (χ4n) is 7.54. The molecule has 1 heterocycles. The third kappa shape index (κ3) is 20.0. The summed E-state index contributed by atoms with van der Waals surface area (Å²) in [7, 11) is -5.16. The Labute approximate surface area is 467 Å².